The average Bonchev–Trinajstić information content (AvgIpc) is 3.09. The van der Waals surface area contributed by atoms with Gasteiger partial charge in [0.15, 0.2) is 0 Å². The minimum absolute atomic E-state index is 0.627. The highest BCUT2D eigenvalue weighted by Crippen LogP contribution is 2.40. The van der Waals surface area contributed by atoms with E-state index in [2.05, 4.69) is 35.3 Å². The molecule has 0 saturated carbocycles. The summed E-state index contributed by atoms with van der Waals surface area (Å²) in [5.74, 6) is 0.837. The quantitative estimate of drug-likeness (QED) is 0.500. The Morgan fingerprint density at radius 3 is 2.46 bits per heavy atom. The first kappa shape index (κ1) is 14.8. The van der Waals surface area contributed by atoms with Gasteiger partial charge in [0.1, 0.15) is 16.3 Å². The fraction of sp³-hybridized carbons (Fsp3) is 0.100. The van der Waals surface area contributed by atoms with Crippen LogP contribution in [0.15, 0.2) is 67.0 Å². The molecule has 2 aromatic carbocycles. The number of rotatable bonds is 4. The maximum absolute atomic E-state index is 5.79. The molecule has 2 aromatic heterocycles. The Morgan fingerprint density at radius 1 is 0.917 bits per heavy atom. The van der Waals surface area contributed by atoms with Crippen molar-refractivity contribution < 1.29 is 4.74 Å². The first-order valence-electron chi connectivity index (χ1n) is 7.89. The summed E-state index contributed by atoms with van der Waals surface area (Å²) in [6.45, 7) is 2.62. The number of aromatic nitrogens is 2. The van der Waals surface area contributed by atoms with Crippen molar-refractivity contribution in [3.05, 3.63) is 67.0 Å². The summed E-state index contributed by atoms with van der Waals surface area (Å²) < 4.78 is 6.94. The molecule has 0 aliphatic rings. The molecule has 0 aliphatic carbocycles. The van der Waals surface area contributed by atoms with Gasteiger partial charge in [0, 0.05) is 23.5 Å². The summed E-state index contributed by atoms with van der Waals surface area (Å²) >= 11 is 1.69. The first-order valence-corrected chi connectivity index (χ1v) is 8.70. The highest BCUT2D eigenvalue weighted by molar-refractivity contribution is 7.22. The van der Waals surface area contributed by atoms with Gasteiger partial charge in [-0.1, -0.05) is 30.3 Å². The normalized spacial score (nSPS) is 10.9. The Kier molecular flexibility index (Phi) is 3.97. The Morgan fingerprint density at radius 2 is 1.71 bits per heavy atom. The van der Waals surface area contributed by atoms with E-state index in [1.54, 1.807) is 23.7 Å². The van der Waals surface area contributed by atoms with Gasteiger partial charge in [-0.2, -0.15) is 0 Å². The van der Waals surface area contributed by atoms with E-state index in [0.717, 1.165) is 26.5 Å². The number of hydrogen-bond acceptors (Lipinski definition) is 4. The maximum atomic E-state index is 5.79. The smallest absolute Gasteiger partial charge is 0.146 e. The summed E-state index contributed by atoms with van der Waals surface area (Å²) in [5, 5.41) is 0.983. The number of ether oxygens (including phenoxy) is 1. The van der Waals surface area contributed by atoms with E-state index < -0.39 is 0 Å². The Bertz CT molecular complexity index is 965. The lowest BCUT2D eigenvalue weighted by molar-refractivity contribution is 0.344. The SMILES string of the molecule is CCOc1ccc(-c2ccccc2)c2sc(-c3ccncc3)nc12. The topological polar surface area (TPSA) is 35.0 Å². The molecule has 4 aromatic rings. The fourth-order valence-corrected chi connectivity index (χ4v) is 3.84. The van der Waals surface area contributed by atoms with Crippen LogP contribution >= 0.6 is 11.3 Å². The van der Waals surface area contributed by atoms with E-state index in [1.807, 2.05) is 31.2 Å². The molecule has 0 atom stereocenters. The van der Waals surface area contributed by atoms with Gasteiger partial charge in [-0.25, -0.2) is 4.98 Å². The molecule has 2 heterocycles. The van der Waals surface area contributed by atoms with Crippen LogP contribution in [0.3, 0.4) is 0 Å². The number of pyridine rings is 1. The van der Waals surface area contributed by atoms with Crippen molar-refractivity contribution in [3.63, 3.8) is 0 Å². The van der Waals surface area contributed by atoms with Gasteiger partial charge in [-0.3, -0.25) is 4.98 Å². The first-order chi connectivity index (χ1) is 11.9. The Balaban J connectivity index is 1.95. The molecule has 24 heavy (non-hydrogen) atoms. The van der Waals surface area contributed by atoms with Crippen LogP contribution in [0.1, 0.15) is 6.92 Å². The molecule has 0 radical (unpaired) electrons. The second-order valence-corrected chi connectivity index (χ2v) is 6.34. The van der Waals surface area contributed by atoms with Crippen LogP contribution in [0.2, 0.25) is 0 Å². The molecular weight excluding hydrogens is 316 g/mol. The molecular formula is C20H16N2OS. The zero-order chi connectivity index (χ0) is 16.4. The van der Waals surface area contributed by atoms with E-state index in [4.69, 9.17) is 9.72 Å². The van der Waals surface area contributed by atoms with E-state index in [0.29, 0.717) is 6.61 Å². The highest BCUT2D eigenvalue weighted by atomic mass is 32.1. The zero-order valence-electron chi connectivity index (χ0n) is 13.3. The van der Waals surface area contributed by atoms with E-state index in [9.17, 15) is 0 Å². The van der Waals surface area contributed by atoms with Crippen LogP contribution < -0.4 is 4.74 Å². The van der Waals surface area contributed by atoms with Crippen LogP contribution in [0, 0.1) is 0 Å². The molecule has 0 spiro atoms. The van der Waals surface area contributed by atoms with Crippen LogP contribution in [-0.4, -0.2) is 16.6 Å². The lowest BCUT2D eigenvalue weighted by atomic mass is 10.1. The lowest BCUT2D eigenvalue weighted by Gasteiger charge is -2.07. The number of thiazole rings is 1. The summed E-state index contributed by atoms with van der Waals surface area (Å²) in [7, 11) is 0. The largest absolute Gasteiger partial charge is 0.492 e. The van der Waals surface area contributed by atoms with Gasteiger partial charge < -0.3 is 4.74 Å². The summed E-state index contributed by atoms with van der Waals surface area (Å²) in [5.41, 5.74) is 4.38. The molecule has 0 amide bonds. The van der Waals surface area contributed by atoms with Crippen LogP contribution in [0.25, 0.3) is 31.9 Å². The molecule has 0 unspecified atom stereocenters. The van der Waals surface area contributed by atoms with Gasteiger partial charge in [-0.15, -0.1) is 11.3 Å². The second-order valence-electron chi connectivity index (χ2n) is 5.34. The van der Waals surface area contributed by atoms with Gasteiger partial charge in [0.2, 0.25) is 0 Å². The van der Waals surface area contributed by atoms with E-state index >= 15 is 0 Å². The van der Waals surface area contributed by atoms with Crippen LogP contribution in [-0.2, 0) is 0 Å². The third kappa shape index (κ3) is 2.65. The second kappa shape index (κ2) is 6.42. The molecule has 4 rings (SSSR count). The standard InChI is InChI=1S/C20H16N2OS/c1-2-23-17-9-8-16(14-6-4-3-5-7-14)19-18(17)22-20(24-19)15-10-12-21-13-11-15/h3-13H,2H2,1H3. The van der Waals surface area contributed by atoms with Gasteiger partial charge in [0.05, 0.1) is 11.3 Å². The molecule has 118 valence electrons. The molecule has 3 nitrogen and oxygen atoms in total. The number of hydrogen-bond donors (Lipinski definition) is 0. The number of benzene rings is 2. The summed E-state index contributed by atoms with van der Waals surface area (Å²) in [6, 6.07) is 18.5. The molecule has 0 N–H and O–H groups in total. The monoisotopic (exact) mass is 332 g/mol. The minimum atomic E-state index is 0.627. The minimum Gasteiger partial charge on any atom is -0.492 e. The Labute approximate surface area is 144 Å². The third-order valence-corrected chi connectivity index (χ3v) is 4.96. The number of nitrogens with zero attached hydrogens (tertiary/aromatic N) is 2. The maximum Gasteiger partial charge on any atom is 0.146 e. The molecule has 4 heteroatoms. The van der Waals surface area contributed by atoms with E-state index in [1.165, 1.54) is 11.1 Å². The van der Waals surface area contributed by atoms with Crippen molar-refractivity contribution in [1.82, 2.24) is 9.97 Å². The van der Waals surface area contributed by atoms with Crippen LogP contribution in [0.4, 0.5) is 0 Å². The summed E-state index contributed by atoms with van der Waals surface area (Å²) in [6.07, 6.45) is 3.59. The number of fused-ring (bicyclic) bond motifs is 1. The Hall–Kier alpha value is -2.72. The van der Waals surface area contributed by atoms with Gasteiger partial charge >= 0.3 is 0 Å². The lowest BCUT2D eigenvalue weighted by Crippen LogP contribution is -1.92. The van der Waals surface area contributed by atoms with Crippen molar-refractivity contribution in [3.8, 4) is 27.4 Å². The molecule has 0 fully saturated rings. The predicted octanol–water partition coefficient (Wildman–Crippen LogP) is 5.42. The third-order valence-electron chi connectivity index (χ3n) is 3.82. The predicted molar refractivity (Wildman–Crippen MR) is 99.5 cm³/mol. The van der Waals surface area contributed by atoms with Crippen molar-refractivity contribution in [2.45, 2.75) is 6.92 Å². The molecule has 0 aliphatic heterocycles. The fourth-order valence-electron chi connectivity index (χ4n) is 2.72. The van der Waals surface area contributed by atoms with Crippen molar-refractivity contribution in [1.29, 1.82) is 0 Å². The van der Waals surface area contributed by atoms with Crippen LogP contribution in [0.5, 0.6) is 5.75 Å². The van der Waals surface area contributed by atoms with Crippen molar-refractivity contribution >= 4 is 21.6 Å². The van der Waals surface area contributed by atoms with E-state index in [-0.39, 0.29) is 0 Å². The highest BCUT2D eigenvalue weighted by Gasteiger charge is 2.15. The summed E-state index contributed by atoms with van der Waals surface area (Å²) in [4.78, 5) is 8.94. The molecule has 0 bridgehead atoms. The zero-order valence-corrected chi connectivity index (χ0v) is 14.1. The van der Waals surface area contributed by atoms with Crippen molar-refractivity contribution in [2.75, 3.05) is 6.61 Å². The average molecular weight is 332 g/mol. The molecule has 0 saturated heterocycles. The van der Waals surface area contributed by atoms with Crippen molar-refractivity contribution in [2.24, 2.45) is 0 Å². The van der Waals surface area contributed by atoms with Gasteiger partial charge in [0.25, 0.3) is 0 Å². The van der Waals surface area contributed by atoms with Gasteiger partial charge in [-0.05, 0) is 36.8 Å².